The number of aliphatic hydroxyl groups excluding tert-OH is 1. The van der Waals surface area contributed by atoms with Crippen LogP contribution in [0.1, 0.15) is 16.0 Å². The molecule has 4 nitrogen and oxygen atoms in total. The molecule has 3 rings (SSSR count). The topological polar surface area (TPSA) is 57.6 Å². The molecule has 1 aliphatic rings. The number of hydrogen-bond acceptors (Lipinski definition) is 4. The Morgan fingerprint density at radius 1 is 1.10 bits per heavy atom. The van der Waals surface area contributed by atoms with E-state index in [1.165, 1.54) is 11.3 Å². The third kappa shape index (κ3) is 2.06. The molecule has 106 valence electrons. The molecule has 21 heavy (non-hydrogen) atoms. The molecule has 0 unspecified atom stereocenters. The highest BCUT2D eigenvalue weighted by atomic mass is 32.1. The van der Waals surface area contributed by atoms with E-state index < -0.39 is 17.6 Å². The second-order valence-corrected chi connectivity index (χ2v) is 5.88. The average molecular weight is 299 g/mol. The highest BCUT2D eigenvalue weighted by Gasteiger charge is 2.41. The first-order valence-electron chi connectivity index (χ1n) is 6.44. The Hall–Kier alpha value is -2.40. The lowest BCUT2D eigenvalue weighted by Crippen LogP contribution is -2.32. The first kappa shape index (κ1) is 13.6. The van der Waals surface area contributed by atoms with E-state index in [9.17, 15) is 14.7 Å². The van der Waals surface area contributed by atoms with Gasteiger partial charge in [0.2, 0.25) is 0 Å². The van der Waals surface area contributed by atoms with Gasteiger partial charge in [0.15, 0.2) is 5.76 Å². The summed E-state index contributed by atoms with van der Waals surface area (Å²) in [5, 5.41) is 11.9. The number of hydrogen-bond donors (Lipinski definition) is 1. The molecule has 1 aromatic heterocycles. The van der Waals surface area contributed by atoms with E-state index >= 15 is 0 Å². The number of carbonyl (C=O) groups excluding carboxylic acids is 2. The molecule has 0 saturated carbocycles. The molecule has 0 spiro atoms. The van der Waals surface area contributed by atoms with Crippen LogP contribution < -0.4 is 4.90 Å². The summed E-state index contributed by atoms with van der Waals surface area (Å²) in [6, 6.07) is 9.03. The fourth-order valence-electron chi connectivity index (χ4n) is 2.34. The summed E-state index contributed by atoms with van der Waals surface area (Å²) in [4.78, 5) is 26.5. The van der Waals surface area contributed by atoms with Crippen LogP contribution in [-0.4, -0.2) is 16.9 Å². The average Bonchev–Trinajstić information content (AvgIpc) is 3.02. The number of imide groups is 1. The van der Waals surface area contributed by atoms with Gasteiger partial charge in [-0.25, -0.2) is 4.90 Å². The van der Waals surface area contributed by atoms with E-state index in [1.807, 2.05) is 26.0 Å². The molecule has 1 aromatic carbocycles. The van der Waals surface area contributed by atoms with Gasteiger partial charge in [-0.3, -0.25) is 9.59 Å². The van der Waals surface area contributed by atoms with Crippen LogP contribution in [0.15, 0.2) is 41.5 Å². The lowest BCUT2D eigenvalue weighted by Gasteiger charge is -2.17. The summed E-state index contributed by atoms with van der Waals surface area (Å²) in [5.41, 5.74) is 2.35. The molecule has 0 aliphatic carbocycles. The van der Waals surface area contributed by atoms with Crippen LogP contribution >= 0.6 is 11.3 Å². The number of rotatable bonds is 2. The van der Waals surface area contributed by atoms with Gasteiger partial charge in [0.05, 0.1) is 5.69 Å². The number of carbonyl (C=O) groups is 2. The number of benzene rings is 1. The van der Waals surface area contributed by atoms with Gasteiger partial charge in [-0.05, 0) is 42.5 Å². The van der Waals surface area contributed by atoms with E-state index in [1.54, 1.807) is 23.6 Å². The molecule has 0 atom stereocenters. The second kappa shape index (κ2) is 4.86. The fourth-order valence-corrected chi connectivity index (χ4v) is 3.10. The predicted molar refractivity (Wildman–Crippen MR) is 82.3 cm³/mol. The van der Waals surface area contributed by atoms with Crippen LogP contribution in [0.3, 0.4) is 0 Å². The van der Waals surface area contributed by atoms with Gasteiger partial charge in [0.1, 0.15) is 5.57 Å². The molecule has 0 fully saturated rings. The number of amides is 2. The molecule has 2 heterocycles. The van der Waals surface area contributed by atoms with Crippen LogP contribution in [0.2, 0.25) is 0 Å². The van der Waals surface area contributed by atoms with Crippen molar-refractivity contribution in [3.63, 3.8) is 0 Å². The zero-order chi connectivity index (χ0) is 15.1. The van der Waals surface area contributed by atoms with Crippen molar-refractivity contribution in [3.05, 3.63) is 57.5 Å². The number of nitrogens with zero attached hydrogens (tertiary/aromatic N) is 1. The summed E-state index contributed by atoms with van der Waals surface area (Å²) in [6.07, 6.45) is 0. The Balaban J connectivity index is 2.11. The fraction of sp³-hybridized carbons (Fsp3) is 0.125. The molecule has 0 saturated heterocycles. The second-order valence-electron chi connectivity index (χ2n) is 4.94. The third-order valence-corrected chi connectivity index (χ3v) is 4.32. The lowest BCUT2D eigenvalue weighted by molar-refractivity contribution is -0.121. The standard InChI is InChI=1S/C16H13NO3S/c1-9-5-6-10(2)11(8-9)17-15(19)13(14(18)16(17)20)12-4-3-7-21-12/h3-8,18H,1-2H3. The van der Waals surface area contributed by atoms with Gasteiger partial charge in [0, 0.05) is 4.88 Å². The van der Waals surface area contributed by atoms with Crippen LogP contribution in [0, 0.1) is 13.8 Å². The summed E-state index contributed by atoms with van der Waals surface area (Å²) in [5.74, 6) is -1.63. The minimum Gasteiger partial charge on any atom is -0.502 e. The number of thiophene rings is 1. The zero-order valence-corrected chi connectivity index (χ0v) is 12.4. The van der Waals surface area contributed by atoms with Gasteiger partial charge in [-0.2, -0.15) is 0 Å². The normalized spacial score (nSPS) is 15.2. The monoisotopic (exact) mass is 299 g/mol. The highest BCUT2D eigenvalue weighted by Crippen LogP contribution is 2.35. The summed E-state index contributed by atoms with van der Waals surface area (Å²) in [7, 11) is 0. The summed E-state index contributed by atoms with van der Waals surface area (Å²) >= 11 is 1.32. The Kier molecular flexibility index (Phi) is 3.14. The maximum absolute atomic E-state index is 12.6. The zero-order valence-electron chi connectivity index (χ0n) is 11.6. The van der Waals surface area contributed by atoms with Crippen molar-refractivity contribution in [2.45, 2.75) is 13.8 Å². The van der Waals surface area contributed by atoms with Gasteiger partial charge < -0.3 is 5.11 Å². The van der Waals surface area contributed by atoms with Crippen molar-refractivity contribution in [2.24, 2.45) is 0 Å². The first-order valence-corrected chi connectivity index (χ1v) is 7.32. The Labute approximate surface area is 126 Å². The predicted octanol–water partition coefficient (Wildman–Crippen LogP) is 3.21. The molecule has 1 aliphatic heterocycles. The molecule has 0 radical (unpaired) electrons. The molecule has 5 heteroatoms. The van der Waals surface area contributed by atoms with Crippen LogP contribution in [0.25, 0.3) is 5.57 Å². The third-order valence-electron chi connectivity index (χ3n) is 3.43. The number of aryl methyl sites for hydroxylation is 2. The highest BCUT2D eigenvalue weighted by molar-refractivity contribution is 7.11. The van der Waals surface area contributed by atoms with Crippen molar-refractivity contribution in [1.82, 2.24) is 0 Å². The SMILES string of the molecule is Cc1ccc(C)c(N2C(=O)C(O)=C(c3cccs3)C2=O)c1. The van der Waals surface area contributed by atoms with E-state index in [-0.39, 0.29) is 5.57 Å². The Morgan fingerprint density at radius 2 is 1.86 bits per heavy atom. The maximum atomic E-state index is 12.6. The minimum atomic E-state index is -0.669. The Morgan fingerprint density at radius 3 is 2.52 bits per heavy atom. The molecular formula is C16H13NO3S. The smallest absolute Gasteiger partial charge is 0.301 e. The van der Waals surface area contributed by atoms with Gasteiger partial charge in [0.25, 0.3) is 5.91 Å². The van der Waals surface area contributed by atoms with Gasteiger partial charge in [-0.15, -0.1) is 11.3 Å². The van der Waals surface area contributed by atoms with Crippen molar-refractivity contribution in [1.29, 1.82) is 0 Å². The summed E-state index contributed by atoms with van der Waals surface area (Å²) in [6.45, 7) is 3.72. The van der Waals surface area contributed by atoms with Crippen LogP contribution in [-0.2, 0) is 9.59 Å². The quantitative estimate of drug-likeness (QED) is 0.866. The lowest BCUT2D eigenvalue weighted by atomic mass is 10.1. The maximum Gasteiger partial charge on any atom is 0.301 e. The van der Waals surface area contributed by atoms with E-state index in [2.05, 4.69) is 0 Å². The Bertz CT molecular complexity index is 775. The van der Waals surface area contributed by atoms with Gasteiger partial charge in [-0.1, -0.05) is 18.2 Å². The molecule has 2 amide bonds. The van der Waals surface area contributed by atoms with E-state index in [0.717, 1.165) is 16.0 Å². The molecule has 2 aromatic rings. The van der Waals surface area contributed by atoms with Crippen molar-refractivity contribution in [3.8, 4) is 0 Å². The van der Waals surface area contributed by atoms with Crippen molar-refractivity contribution < 1.29 is 14.7 Å². The minimum absolute atomic E-state index is 0.0795. The van der Waals surface area contributed by atoms with Crippen molar-refractivity contribution in [2.75, 3.05) is 4.90 Å². The van der Waals surface area contributed by atoms with Crippen molar-refractivity contribution >= 4 is 34.4 Å². The van der Waals surface area contributed by atoms with Crippen LogP contribution in [0.5, 0.6) is 0 Å². The van der Waals surface area contributed by atoms with E-state index in [0.29, 0.717) is 10.6 Å². The first-order chi connectivity index (χ1) is 10.0. The molecule has 1 N–H and O–H groups in total. The number of aliphatic hydroxyl groups is 1. The van der Waals surface area contributed by atoms with E-state index in [4.69, 9.17) is 0 Å². The largest absolute Gasteiger partial charge is 0.502 e. The van der Waals surface area contributed by atoms with Gasteiger partial charge >= 0.3 is 5.91 Å². The molecular weight excluding hydrogens is 286 g/mol. The summed E-state index contributed by atoms with van der Waals surface area (Å²) < 4.78 is 0. The molecule has 0 bridgehead atoms. The van der Waals surface area contributed by atoms with Crippen LogP contribution in [0.4, 0.5) is 5.69 Å². The number of anilines is 1.